The fraction of sp³-hybridized carbons (Fsp3) is 0.600. The van der Waals surface area contributed by atoms with Crippen LogP contribution >= 0.6 is 0 Å². The Morgan fingerprint density at radius 1 is 1.47 bits per heavy atom. The van der Waals surface area contributed by atoms with Gasteiger partial charge in [-0.25, -0.2) is 18.4 Å². The van der Waals surface area contributed by atoms with Crippen LogP contribution in [-0.2, 0) is 9.84 Å². The Morgan fingerprint density at radius 2 is 2.18 bits per heavy atom. The summed E-state index contributed by atoms with van der Waals surface area (Å²) in [6, 6.07) is 0. The maximum absolute atomic E-state index is 11.3. The topological polar surface area (TPSA) is 81.2 Å². The molecule has 0 bridgehead atoms. The van der Waals surface area contributed by atoms with E-state index in [4.69, 9.17) is 4.74 Å². The summed E-state index contributed by atoms with van der Waals surface area (Å²) in [7, 11) is -1.26. The average Bonchev–Trinajstić information content (AvgIpc) is 2.67. The first-order valence-electron chi connectivity index (χ1n) is 5.39. The summed E-state index contributed by atoms with van der Waals surface area (Å²) in [5, 5.41) is 3.03. The van der Waals surface area contributed by atoms with Crippen molar-refractivity contribution in [3.63, 3.8) is 0 Å². The Bertz CT molecular complexity index is 472. The quantitative estimate of drug-likeness (QED) is 0.837. The highest BCUT2D eigenvalue weighted by Gasteiger charge is 2.27. The lowest BCUT2D eigenvalue weighted by Crippen LogP contribution is -2.16. The summed E-state index contributed by atoms with van der Waals surface area (Å²) in [5.74, 6) is 1.80. The maximum Gasteiger partial charge on any atom is 0.222 e. The fourth-order valence-corrected chi connectivity index (χ4v) is 3.64. The van der Waals surface area contributed by atoms with Gasteiger partial charge in [-0.1, -0.05) is 0 Å². The monoisotopic (exact) mass is 257 g/mol. The molecule has 1 aromatic heterocycles. The van der Waals surface area contributed by atoms with Gasteiger partial charge in [-0.3, -0.25) is 0 Å². The van der Waals surface area contributed by atoms with E-state index in [1.165, 1.54) is 0 Å². The van der Waals surface area contributed by atoms with Gasteiger partial charge in [0, 0.05) is 6.54 Å². The van der Waals surface area contributed by atoms with Crippen molar-refractivity contribution < 1.29 is 13.2 Å². The molecular weight excluding hydrogens is 242 g/mol. The third-order valence-corrected chi connectivity index (χ3v) is 4.58. The first kappa shape index (κ1) is 12.1. The normalized spacial score (nSPS) is 22.3. The van der Waals surface area contributed by atoms with Crippen molar-refractivity contribution in [1.29, 1.82) is 0 Å². The predicted molar refractivity (Wildman–Crippen MR) is 63.8 cm³/mol. The van der Waals surface area contributed by atoms with E-state index in [1.807, 2.05) is 0 Å². The van der Waals surface area contributed by atoms with Gasteiger partial charge in [-0.2, -0.15) is 0 Å². The van der Waals surface area contributed by atoms with Crippen molar-refractivity contribution in [3.8, 4) is 5.75 Å². The molecule has 1 aromatic rings. The molecule has 0 aliphatic carbocycles. The van der Waals surface area contributed by atoms with Gasteiger partial charge in [0.15, 0.2) is 15.6 Å². The number of rotatable bonds is 4. The Labute approximate surface area is 100 Å². The summed E-state index contributed by atoms with van der Waals surface area (Å²) < 4.78 is 27.5. The van der Waals surface area contributed by atoms with Crippen LogP contribution in [0.2, 0.25) is 0 Å². The van der Waals surface area contributed by atoms with Crippen LogP contribution in [0.5, 0.6) is 5.75 Å². The molecule has 0 radical (unpaired) electrons. The molecule has 1 fully saturated rings. The van der Waals surface area contributed by atoms with E-state index in [0.717, 1.165) is 0 Å². The predicted octanol–water partition coefficient (Wildman–Crippen LogP) is 0.332. The van der Waals surface area contributed by atoms with Crippen molar-refractivity contribution in [2.24, 2.45) is 5.92 Å². The van der Waals surface area contributed by atoms with Gasteiger partial charge < -0.3 is 10.1 Å². The first-order valence-corrected chi connectivity index (χ1v) is 7.21. The summed E-state index contributed by atoms with van der Waals surface area (Å²) in [5.41, 5.74) is 0. The summed E-state index contributed by atoms with van der Waals surface area (Å²) in [6.07, 6.45) is 3.85. The summed E-state index contributed by atoms with van der Waals surface area (Å²) in [4.78, 5) is 8.10. The number of nitrogens with zero attached hydrogens (tertiary/aromatic N) is 2. The van der Waals surface area contributed by atoms with Crippen molar-refractivity contribution in [3.05, 3.63) is 12.4 Å². The molecule has 17 heavy (non-hydrogen) atoms. The molecule has 2 heterocycles. The number of sulfone groups is 1. The highest BCUT2D eigenvalue weighted by molar-refractivity contribution is 7.91. The highest BCUT2D eigenvalue weighted by Crippen LogP contribution is 2.18. The molecule has 1 aliphatic rings. The molecule has 2 rings (SSSR count). The molecular formula is C10H15N3O3S. The second-order valence-electron chi connectivity index (χ2n) is 4.10. The van der Waals surface area contributed by atoms with E-state index in [0.29, 0.717) is 30.4 Å². The van der Waals surface area contributed by atoms with Crippen molar-refractivity contribution in [2.45, 2.75) is 6.42 Å². The number of ether oxygens (including phenoxy) is 1. The largest absolute Gasteiger partial charge is 0.494 e. The van der Waals surface area contributed by atoms with Crippen LogP contribution in [0, 0.1) is 5.92 Å². The van der Waals surface area contributed by atoms with Gasteiger partial charge in [-0.05, 0) is 12.3 Å². The van der Waals surface area contributed by atoms with E-state index >= 15 is 0 Å². The molecule has 0 amide bonds. The van der Waals surface area contributed by atoms with E-state index in [1.54, 1.807) is 19.5 Å². The molecule has 0 aromatic carbocycles. The summed E-state index contributed by atoms with van der Waals surface area (Å²) in [6.45, 7) is 0.589. The number of nitrogens with one attached hydrogen (secondary N) is 1. The maximum atomic E-state index is 11.3. The minimum Gasteiger partial charge on any atom is -0.494 e. The summed E-state index contributed by atoms with van der Waals surface area (Å²) >= 11 is 0. The molecule has 0 saturated carbocycles. The Balaban J connectivity index is 1.86. The van der Waals surface area contributed by atoms with Crippen LogP contribution in [0.4, 0.5) is 5.95 Å². The highest BCUT2D eigenvalue weighted by atomic mass is 32.2. The molecule has 0 spiro atoms. The van der Waals surface area contributed by atoms with Crippen molar-refractivity contribution in [1.82, 2.24) is 9.97 Å². The number of methoxy groups -OCH3 is 1. The first-order chi connectivity index (χ1) is 8.09. The zero-order chi connectivity index (χ0) is 12.3. The minimum absolute atomic E-state index is 0.158. The van der Waals surface area contributed by atoms with E-state index < -0.39 is 9.84 Å². The lowest BCUT2D eigenvalue weighted by molar-refractivity contribution is 0.411. The van der Waals surface area contributed by atoms with Crippen molar-refractivity contribution >= 4 is 15.8 Å². The van der Waals surface area contributed by atoms with Gasteiger partial charge in [0.05, 0.1) is 31.0 Å². The zero-order valence-electron chi connectivity index (χ0n) is 9.59. The smallest absolute Gasteiger partial charge is 0.222 e. The Kier molecular flexibility index (Phi) is 3.46. The van der Waals surface area contributed by atoms with Gasteiger partial charge in [0.25, 0.3) is 0 Å². The Hall–Kier alpha value is -1.37. The van der Waals surface area contributed by atoms with E-state index in [-0.39, 0.29) is 11.7 Å². The van der Waals surface area contributed by atoms with Crippen LogP contribution in [-0.4, -0.2) is 43.5 Å². The standard InChI is InChI=1S/C10H15N3O3S/c1-16-9-5-12-10(13-6-9)11-4-8-2-3-17(14,15)7-8/h5-6,8H,2-4,7H2,1H3,(H,11,12,13). The van der Waals surface area contributed by atoms with Gasteiger partial charge in [0.1, 0.15) is 0 Å². The number of hydrogen-bond acceptors (Lipinski definition) is 6. The van der Waals surface area contributed by atoms with Crippen molar-refractivity contribution in [2.75, 3.05) is 30.5 Å². The SMILES string of the molecule is COc1cnc(NCC2CCS(=O)(=O)C2)nc1. The average molecular weight is 257 g/mol. The van der Waals surface area contributed by atoms with Crippen LogP contribution in [0.1, 0.15) is 6.42 Å². The molecule has 1 unspecified atom stereocenters. The molecule has 6 nitrogen and oxygen atoms in total. The third-order valence-electron chi connectivity index (χ3n) is 2.74. The van der Waals surface area contributed by atoms with Crippen LogP contribution < -0.4 is 10.1 Å². The molecule has 1 saturated heterocycles. The second-order valence-corrected chi connectivity index (χ2v) is 6.33. The second kappa shape index (κ2) is 4.87. The van der Waals surface area contributed by atoms with E-state index in [9.17, 15) is 8.42 Å². The molecule has 1 aliphatic heterocycles. The third kappa shape index (κ3) is 3.29. The van der Waals surface area contributed by atoms with E-state index in [2.05, 4.69) is 15.3 Å². The van der Waals surface area contributed by atoms with Crippen LogP contribution in [0.25, 0.3) is 0 Å². The molecule has 1 N–H and O–H groups in total. The number of aromatic nitrogens is 2. The number of hydrogen-bond donors (Lipinski definition) is 1. The van der Waals surface area contributed by atoms with Gasteiger partial charge in [-0.15, -0.1) is 0 Å². The van der Waals surface area contributed by atoms with Crippen LogP contribution in [0.3, 0.4) is 0 Å². The Morgan fingerprint density at radius 3 is 2.71 bits per heavy atom. The molecule has 7 heteroatoms. The zero-order valence-corrected chi connectivity index (χ0v) is 10.4. The minimum atomic E-state index is -2.81. The number of anilines is 1. The molecule has 94 valence electrons. The molecule has 1 atom stereocenters. The van der Waals surface area contributed by atoms with Gasteiger partial charge in [0.2, 0.25) is 5.95 Å². The lowest BCUT2D eigenvalue weighted by Gasteiger charge is -2.09. The lowest BCUT2D eigenvalue weighted by atomic mass is 10.1. The fourth-order valence-electron chi connectivity index (χ4n) is 1.78. The van der Waals surface area contributed by atoms with Gasteiger partial charge >= 0.3 is 0 Å². The van der Waals surface area contributed by atoms with Crippen LogP contribution in [0.15, 0.2) is 12.4 Å².